The molecule has 1 heterocycles. The molecule has 3 nitrogen and oxygen atoms in total. The summed E-state index contributed by atoms with van der Waals surface area (Å²) in [4.78, 5) is 2.89. The van der Waals surface area contributed by atoms with Gasteiger partial charge in [0.25, 0.3) is 6.33 Å². The molecule has 1 rings (SSSR count). The first-order valence-corrected chi connectivity index (χ1v) is 2.67. The van der Waals surface area contributed by atoms with Gasteiger partial charge in [0.05, 0.1) is 0 Å². The van der Waals surface area contributed by atoms with Crippen molar-refractivity contribution in [2.45, 2.75) is 13.3 Å². The van der Waals surface area contributed by atoms with Crippen molar-refractivity contribution < 1.29 is 4.68 Å². The molecule has 0 aliphatic rings. The maximum Gasteiger partial charge on any atom is 0.265 e. The van der Waals surface area contributed by atoms with Crippen molar-refractivity contribution in [1.29, 1.82) is 0 Å². The SMILES string of the molecule is CCc1c[nH]c[n+]1N. The Balaban J connectivity index is 2.92. The molecule has 0 radical (unpaired) electrons. The first-order valence-electron chi connectivity index (χ1n) is 2.67. The van der Waals surface area contributed by atoms with Crippen LogP contribution in [0.1, 0.15) is 12.6 Å². The predicted molar refractivity (Wildman–Crippen MR) is 30.5 cm³/mol. The molecule has 3 N–H and O–H groups in total. The number of nitrogens with two attached hydrogens (primary N) is 1. The van der Waals surface area contributed by atoms with E-state index in [0.717, 1.165) is 12.1 Å². The number of aromatic amines is 1. The molecule has 0 unspecified atom stereocenters. The Kier molecular flexibility index (Phi) is 1.20. The van der Waals surface area contributed by atoms with Crippen molar-refractivity contribution in [3.8, 4) is 0 Å². The van der Waals surface area contributed by atoms with E-state index in [4.69, 9.17) is 5.84 Å². The van der Waals surface area contributed by atoms with E-state index in [1.807, 2.05) is 6.20 Å². The first kappa shape index (κ1) is 5.15. The van der Waals surface area contributed by atoms with E-state index in [9.17, 15) is 0 Å². The minimum Gasteiger partial charge on any atom is -0.269 e. The van der Waals surface area contributed by atoms with Crippen LogP contribution in [0.25, 0.3) is 0 Å². The number of aryl methyl sites for hydroxylation is 1. The second-order valence-corrected chi connectivity index (χ2v) is 1.69. The number of aromatic nitrogens is 2. The summed E-state index contributed by atoms with van der Waals surface area (Å²) in [6.45, 7) is 2.06. The van der Waals surface area contributed by atoms with Gasteiger partial charge in [-0.15, -0.1) is 4.68 Å². The maximum atomic E-state index is 5.44. The Morgan fingerprint density at radius 3 is 2.88 bits per heavy atom. The Morgan fingerprint density at radius 1 is 1.88 bits per heavy atom. The number of hydrogen-bond acceptors (Lipinski definition) is 1. The highest BCUT2D eigenvalue weighted by atomic mass is 15.3. The number of nitrogens with zero attached hydrogens (tertiary/aromatic N) is 1. The minimum atomic E-state index is 0.972. The highest BCUT2D eigenvalue weighted by Gasteiger charge is 1.99. The smallest absolute Gasteiger partial charge is 0.265 e. The highest BCUT2D eigenvalue weighted by Crippen LogP contribution is 1.84. The third kappa shape index (κ3) is 0.665. The van der Waals surface area contributed by atoms with Crippen LogP contribution < -0.4 is 10.5 Å². The van der Waals surface area contributed by atoms with Crippen LogP contribution in [0.3, 0.4) is 0 Å². The number of nitrogens with one attached hydrogen (secondary N) is 1. The number of hydrogen-bond donors (Lipinski definition) is 2. The van der Waals surface area contributed by atoms with Gasteiger partial charge < -0.3 is 0 Å². The van der Waals surface area contributed by atoms with E-state index in [-0.39, 0.29) is 0 Å². The van der Waals surface area contributed by atoms with Gasteiger partial charge in [-0.25, -0.2) is 4.98 Å². The van der Waals surface area contributed by atoms with Crippen molar-refractivity contribution >= 4 is 0 Å². The molecular formula is C5H10N3+. The van der Waals surface area contributed by atoms with E-state index >= 15 is 0 Å². The first-order chi connectivity index (χ1) is 3.84. The van der Waals surface area contributed by atoms with E-state index in [2.05, 4.69) is 11.9 Å². The van der Waals surface area contributed by atoms with Gasteiger partial charge >= 0.3 is 0 Å². The lowest BCUT2D eigenvalue weighted by Crippen LogP contribution is -2.45. The van der Waals surface area contributed by atoms with Crippen molar-refractivity contribution in [2.24, 2.45) is 0 Å². The zero-order valence-electron chi connectivity index (χ0n) is 4.89. The van der Waals surface area contributed by atoms with Crippen LogP contribution in [0.5, 0.6) is 0 Å². The third-order valence-electron chi connectivity index (χ3n) is 1.16. The van der Waals surface area contributed by atoms with Gasteiger partial charge in [-0.3, -0.25) is 5.84 Å². The van der Waals surface area contributed by atoms with Crippen LogP contribution in [-0.4, -0.2) is 4.98 Å². The summed E-state index contributed by atoms with van der Waals surface area (Å²) in [6.07, 6.45) is 4.58. The summed E-state index contributed by atoms with van der Waals surface area (Å²) in [5, 5.41) is 0. The van der Waals surface area contributed by atoms with Gasteiger partial charge in [-0.2, -0.15) is 0 Å². The van der Waals surface area contributed by atoms with Crippen LogP contribution in [0.4, 0.5) is 0 Å². The van der Waals surface area contributed by atoms with Crippen LogP contribution in [0.2, 0.25) is 0 Å². The predicted octanol–water partition coefficient (Wildman–Crippen LogP) is -0.422. The lowest BCUT2D eigenvalue weighted by molar-refractivity contribution is -0.645. The van der Waals surface area contributed by atoms with E-state index in [1.165, 1.54) is 0 Å². The third-order valence-corrected chi connectivity index (χ3v) is 1.16. The van der Waals surface area contributed by atoms with Crippen LogP contribution in [0, 0.1) is 0 Å². The van der Waals surface area contributed by atoms with Gasteiger partial charge in [0.2, 0.25) is 0 Å². The molecule has 0 aromatic carbocycles. The van der Waals surface area contributed by atoms with Crippen LogP contribution in [-0.2, 0) is 6.42 Å². The fourth-order valence-corrected chi connectivity index (χ4v) is 0.656. The molecule has 44 valence electrons. The fraction of sp³-hybridized carbons (Fsp3) is 0.400. The Hall–Kier alpha value is -0.990. The Bertz CT molecular complexity index is 168. The Labute approximate surface area is 48.1 Å². The second kappa shape index (κ2) is 1.86. The number of nitrogen functional groups attached to an aromatic ring is 1. The van der Waals surface area contributed by atoms with Crippen LogP contribution >= 0.6 is 0 Å². The molecule has 0 saturated carbocycles. The molecule has 1 aromatic heterocycles. The fourth-order valence-electron chi connectivity index (χ4n) is 0.656. The van der Waals surface area contributed by atoms with Gasteiger partial charge in [0.1, 0.15) is 6.20 Å². The molecule has 0 aliphatic carbocycles. The molecule has 0 saturated heterocycles. The molecular weight excluding hydrogens is 102 g/mol. The number of rotatable bonds is 1. The largest absolute Gasteiger partial charge is 0.269 e. The molecule has 1 aromatic rings. The molecule has 0 bridgehead atoms. The van der Waals surface area contributed by atoms with Gasteiger partial charge in [-0.1, -0.05) is 6.92 Å². The summed E-state index contributed by atoms with van der Waals surface area (Å²) in [6, 6.07) is 0. The Morgan fingerprint density at radius 2 is 2.62 bits per heavy atom. The van der Waals surface area contributed by atoms with Gasteiger partial charge in [0.15, 0.2) is 5.69 Å². The van der Waals surface area contributed by atoms with Crippen LogP contribution in [0.15, 0.2) is 12.5 Å². The average Bonchev–Trinajstić information content (AvgIpc) is 2.14. The summed E-state index contributed by atoms with van der Waals surface area (Å²) in [5.41, 5.74) is 1.12. The van der Waals surface area contributed by atoms with Crippen molar-refractivity contribution in [2.75, 3.05) is 5.84 Å². The summed E-state index contributed by atoms with van der Waals surface area (Å²) in [7, 11) is 0. The van der Waals surface area contributed by atoms with Crippen molar-refractivity contribution in [3.63, 3.8) is 0 Å². The van der Waals surface area contributed by atoms with Crippen molar-refractivity contribution in [3.05, 3.63) is 18.2 Å². The van der Waals surface area contributed by atoms with E-state index in [0.29, 0.717) is 0 Å². The normalized spacial score (nSPS) is 9.62. The van der Waals surface area contributed by atoms with E-state index in [1.54, 1.807) is 11.0 Å². The topological polar surface area (TPSA) is 45.7 Å². The zero-order chi connectivity index (χ0) is 5.98. The van der Waals surface area contributed by atoms with E-state index < -0.39 is 0 Å². The molecule has 0 atom stereocenters. The summed E-state index contributed by atoms with van der Waals surface area (Å²) in [5.74, 6) is 5.44. The number of imidazole rings is 1. The average molecular weight is 112 g/mol. The quantitative estimate of drug-likeness (QED) is 0.376. The summed E-state index contributed by atoms with van der Waals surface area (Å²) < 4.78 is 1.58. The zero-order valence-corrected chi connectivity index (χ0v) is 4.89. The molecule has 0 aliphatic heterocycles. The van der Waals surface area contributed by atoms with Crippen molar-refractivity contribution in [1.82, 2.24) is 4.98 Å². The summed E-state index contributed by atoms with van der Waals surface area (Å²) >= 11 is 0. The molecule has 8 heavy (non-hydrogen) atoms. The molecule has 3 heteroatoms. The highest BCUT2D eigenvalue weighted by molar-refractivity contribution is 4.83. The lowest BCUT2D eigenvalue weighted by atomic mass is 10.4. The second-order valence-electron chi connectivity index (χ2n) is 1.69. The molecule has 0 spiro atoms. The minimum absolute atomic E-state index is 0.972. The number of H-pyrrole nitrogens is 1. The van der Waals surface area contributed by atoms with Gasteiger partial charge in [0, 0.05) is 6.42 Å². The molecule has 0 fully saturated rings. The molecule has 0 amide bonds. The maximum absolute atomic E-state index is 5.44. The van der Waals surface area contributed by atoms with Gasteiger partial charge in [-0.05, 0) is 0 Å². The standard InChI is InChI=1S/C5H9N3/c1-2-5-3-7-4-8(5)6/h3-4H,2,6H2,1H3/p+1. The lowest BCUT2D eigenvalue weighted by Gasteiger charge is -1.84. The monoisotopic (exact) mass is 112 g/mol.